The van der Waals surface area contributed by atoms with E-state index in [9.17, 15) is 0 Å². The van der Waals surface area contributed by atoms with Crippen LogP contribution in [-0.4, -0.2) is 30.6 Å². The zero-order chi connectivity index (χ0) is 14.9. The normalized spacial score (nSPS) is 22.8. The average Bonchev–Trinajstić information content (AvgIpc) is 2.46. The lowest BCUT2D eigenvalue weighted by Gasteiger charge is -2.45. The van der Waals surface area contributed by atoms with E-state index in [0.29, 0.717) is 6.04 Å². The summed E-state index contributed by atoms with van der Waals surface area (Å²) in [6, 6.07) is 6.76. The molecule has 112 valence electrons. The molecule has 2 atom stereocenters. The van der Waals surface area contributed by atoms with Gasteiger partial charge in [0.2, 0.25) is 0 Å². The van der Waals surface area contributed by atoms with Crippen molar-refractivity contribution in [2.75, 3.05) is 14.2 Å². The van der Waals surface area contributed by atoms with Crippen LogP contribution >= 0.6 is 0 Å². The molecule has 1 aromatic carbocycles. The minimum absolute atomic E-state index is 0.0599. The van der Waals surface area contributed by atoms with Crippen LogP contribution in [0.2, 0.25) is 0 Å². The number of nitrogens with two attached hydrogens (primary N) is 1. The summed E-state index contributed by atoms with van der Waals surface area (Å²) in [7, 11) is 3.92. The Morgan fingerprint density at radius 3 is 2.70 bits per heavy atom. The van der Waals surface area contributed by atoms with Gasteiger partial charge >= 0.3 is 0 Å². The fourth-order valence-electron chi connectivity index (χ4n) is 3.06. The molecule has 0 saturated carbocycles. The number of hydrogen-bond acceptors (Lipinski definition) is 3. The van der Waals surface area contributed by atoms with Gasteiger partial charge in [0.1, 0.15) is 5.75 Å². The summed E-state index contributed by atoms with van der Waals surface area (Å²) in [5.41, 5.74) is 9.37. The molecule has 20 heavy (non-hydrogen) atoms. The molecule has 1 aliphatic carbocycles. The van der Waals surface area contributed by atoms with Crippen molar-refractivity contribution < 1.29 is 4.74 Å². The van der Waals surface area contributed by atoms with E-state index in [1.807, 2.05) is 6.07 Å². The van der Waals surface area contributed by atoms with Gasteiger partial charge in [0.05, 0.1) is 7.11 Å². The van der Waals surface area contributed by atoms with Gasteiger partial charge in [0.15, 0.2) is 0 Å². The van der Waals surface area contributed by atoms with Crippen molar-refractivity contribution >= 4 is 0 Å². The van der Waals surface area contributed by atoms with Gasteiger partial charge in [-0.25, -0.2) is 0 Å². The van der Waals surface area contributed by atoms with E-state index in [0.717, 1.165) is 25.0 Å². The van der Waals surface area contributed by atoms with E-state index in [1.54, 1.807) is 7.11 Å². The number of methoxy groups -OCH3 is 1. The van der Waals surface area contributed by atoms with Crippen molar-refractivity contribution in [2.24, 2.45) is 5.73 Å². The summed E-state index contributed by atoms with van der Waals surface area (Å²) in [5.74, 6) is 0.900. The van der Waals surface area contributed by atoms with Gasteiger partial charge in [-0.1, -0.05) is 13.0 Å². The molecule has 3 heteroatoms. The largest absolute Gasteiger partial charge is 0.497 e. The fourth-order valence-corrected chi connectivity index (χ4v) is 3.06. The topological polar surface area (TPSA) is 38.5 Å². The lowest BCUT2D eigenvalue weighted by atomic mass is 9.82. The Balaban J connectivity index is 2.28. The van der Waals surface area contributed by atoms with Gasteiger partial charge < -0.3 is 10.5 Å². The summed E-state index contributed by atoms with van der Waals surface area (Å²) in [6.45, 7) is 6.82. The first kappa shape index (κ1) is 15.3. The summed E-state index contributed by atoms with van der Waals surface area (Å²) in [6.07, 6.45) is 3.35. The monoisotopic (exact) mass is 276 g/mol. The second kappa shape index (κ2) is 5.74. The van der Waals surface area contributed by atoms with Gasteiger partial charge in [0, 0.05) is 17.6 Å². The van der Waals surface area contributed by atoms with Crippen molar-refractivity contribution in [1.29, 1.82) is 0 Å². The van der Waals surface area contributed by atoms with Crippen molar-refractivity contribution in [2.45, 2.75) is 57.7 Å². The smallest absolute Gasteiger partial charge is 0.119 e. The lowest BCUT2D eigenvalue weighted by Crippen LogP contribution is -2.52. The number of hydrogen-bond donors (Lipinski definition) is 1. The Labute approximate surface area is 123 Å². The maximum absolute atomic E-state index is 6.57. The van der Waals surface area contributed by atoms with Gasteiger partial charge in [0.25, 0.3) is 0 Å². The van der Waals surface area contributed by atoms with Crippen molar-refractivity contribution in [3.63, 3.8) is 0 Å². The molecule has 0 spiro atoms. The van der Waals surface area contributed by atoms with Crippen LogP contribution in [0.4, 0.5) is 0 Å². The molecule has 2 unspecified atom stereocenters. The molecule has 2 rings (SSSR count). The predicted molar refractivity (Wildman–Crippen MR) is 84.2 cm³/mol. The van der Waals surface area contributed by atoms with Crippen LogP contribution in [0.5, 0.6) is 5.75 Å². The molecule has 0 fully saturated rings. The maximum atomic E-state index is 6.57. The second-order valence-electron chi connectivity index (χ2n) is 6.47. The van der Waals surface area contributed by atoms with E-state index in [4.69, 9.17) is 10.5 Å². The molecule has 0 aliphatic heterocycles. The molecule has 0 saturated heterocycles. The van der Waals surface area contributed by atoms with Crippen molar-refractivity contribution in [3.8, 4) is 5.75 Å². The zero-order valence-corrected chi connectivity index (χ0v) is 13.4. The van der Waals surface area contributed by atoms with Crippen LogP contribution < -0.4 is 10.5 Å². The third kappa shape index (κ3) is 2.70. The van der Waals surface area contributed by atoms with Crippen LogP contribution in [0.25, 0.3) is 0 Å². The predicted octanol–water partition coefficient (Wildman–Crippen LogP) is 3.13. The molecule has 0 aromatic heterocycles. The molecule has 0 heterocycles. The number of aryl methyl sites for hydroxylation is 1. The molecule has 1 aliphatic rings. The quantitative estimate of drug-likeness (QED) is 0.918. The van der Waals surface area contributed by atoms with Crippen LogP contribution in [0.15, 0.2) is 18.2 Å². The minimum atomic E-state index is 0.0599. The highest BCUT2D eigenvalue weighted by Crippen LogP contribution is 2.36. The van der Waals surface area contributed by atoms with Gasteiger partial charge in [-0.3, -0.25) is 4.90 Å². The highest BCUT2D eigenvalue weighted by atomic mass is 16.5. The standard InChI is InChI=1S/C17H28N2O/c1-6-17(2,3)19(4)15-10-8-12-7-9-13(20-5)11-14(12)16(15)18/h7,9,11,15-16H,6,8,10,18H2,1-5H3. The van der Waals surface area contributed by atoms with Gasteiger partial charge in [-0.2, -0.15) is 0 Å². The van der Waals surface area contributed by atoms with Gasteiger partial charge in [-0.05, 0) is 63.4 Å². The van der Waals surface area contributed by atoms with E-state index in [1.165, 1.54) is 11.1 Å². The molecule has 2 N–H and O–H groups in total. The van der Waals surface area contributed by atoms with E-state index >= 15 is 0 Å². The minimum Gasteiger partial charge on any atom is -0.497 e. The number of benzene rings is 1. The number of nitrogens with zero attached hydrogens (tertiary/aromatic N) is 1. The van der Waals surface area contributed by atoms with Crippen LogP contribution in [0.3, 0.4) is 0 Å². The zero-order valence-electron chi connectivity index (χ0n) is 13.4. The van der Waals surface area contributed by atoms with Crippen LogP contribution in [0, 0.1) is 0 Å². The number of likely N-dealkylation sites (N-methyl/N-ethyl adjacent to an activating group) is 1. The summed E-state index contributed by atoms with van der Waals surface area (Å²) in [5, 5.41) is 0. The highest BCUT2D eigenvalue weighted by molar-refractivity contribution is 5.40. The molecule has 0 amide bonds. The molecular formula is C17H28N2O. The first-order valence-electron chi connectivity index (χ1n) is 7.56. The summed E-state index contributed by atoms with van der Waals surface area (Å²) < 4.78 is 5.34. The van der Waals surface area contributed by atoms with Crippen LogP contribution in [0.1, 0.15) is 50.8 Å². The number of fused-ring (bicyclic) bond motifs is 1. The van der Waals surface area contributed by atoms with Crippen molar-refractivity contribution in [1.82, 2.24) is 4.90 Å². The van der Waals surface area contributed by atoms with Crippen molar-refractivity contribution in [3.05, 3.63) is 29.3 Å². The first-order chi connectivity index (χ1) is 9.40. The highest BCUT2D eigenvalue weighted by Gasteiger charge is 2.35. The first-order valence-corrected chi connectivity index (χ1v) is 7.56. The third-order valence-electron chi connectivity index (χ3n) is 5.15. The Kier molecular flexibility index (Phi) is 4.40. The van der Waals surface area contributed by atoms with E-state index in [2.05, 4.69) is 44.9 Å². The Morgan fingerprint density at radius 1 is 1.40 bits per heavy atom. The Hall–Kier alpha value is -1.06. The maximum Gasteiger partial charge on any atom is 0.119 e. The average molecular weight is 276 g/mol. The Bertz CT molecular complexity index is 470. The molecule has 0 radical (unpaired) electrons. The fraction of sp³-hybridized carbons (Fsp3) is 0.647. The molecule has 0 bridgehead atoms. The van der Waals surface area contributed by atoms with E-state index in [-0.39, 0.29) is 11.6 Å². The van der Waals surface area contributed by atoms with Gasteiger partial charge in [-0.15, -0.1) is 0 Å². The number of ether oxygens (including phenoxy) is 1. The van der Waals surface area contributed by atoms with Crippen LogP contribution in [-0.2, 0) is 6.42 Å². The second-order valence-corrected chi connectivity index (χ2v) is 6.47. The molecular weight excluding hydrogens is 248 g/mol. The molecule has 3 nitrogen and oxygen atoms in total. The lowest BCUT2D eigenvalue weighted by molar-refractivity contribution is 0.0729. The Morgan fingerprint density at radius 2 is 2.10 bits per heavy atom. The SMILES string of the molecule is CCC(C)(C)N(C)C1CCc2ccc(OC)cc2C1N. The number of rotatable bonds is 4. The molecule has 1 aromatic rings. The summed E-state index contributed by atoms with van der Waals surface area (Å²) in [4.78, 5) is 2.46. The third-order valence-corrected chi connectivity index (χ3v) is 5.15. The summed E-state index contributed by atoms with van der Waals surface area (Å²) >= 11 is 0. The van der Waals surface area contributed by atoms with E-state index < -0.39 is 0 Å².